The molecule has 0 bridgehead atoms. The van der Waals surface area contributed by atoms with Crippen LogP contribution in [0.1, 0.15) is 11.1 Å². The van der Waals surface area contributed by atoms with Crippen LogP contribution in [0.2, 0.25) is 5.02 Å². The molecule has 3 aromatic rings. The third kappa shape index (κ3) is 5.35. The Hall–Kier alpha value is -2.33. The van der Waals surface area contributed by atoms with Gasteiger partial charge >= 0.3 is 0 Å². The summed E-state index contributed by atoms with van der Waals surface area (Å²) in [6.45, 7) is 6.28. The number of benzene rings is 3. The van der Waals surface area contributed by atoms with E-state index in [1.54, 1.807) is 0 Å². The molecule has 0 aliphatic carbocycles. The fourth-order valence-electron chi connectivity index (χ4n) is 3.54. The highest BCUT2D eigenvalue weighted by molar-refractivity contribution is 6.30. The van der Waals surface area contributed by atoms with E-state index >= 15 is 0 Å². The minimum absolute atomic E-state index is 0.798. The number of piperazine rings is 1. The monoisotopic (exact) mass is 392 g/mol. The van der Waals surface area contributed by atoms with Crippen LogP contribution in [0.15, 0.2) is 78.9 Å². The summed E-state index contributed by atoms with van der Waals surface area (Å²) in [5.74, 6) is 1.76. The molecule has 0 radical (unpaired) electrons. The van der Waals surface area contributed by atoms with Crippen molar-refractivity contribution in [3.63, 3.8) is 0 Å². The number of ether oxygens (including phenoxy) is 1. The maximum absolute atomic E-state index is 5.98. The van der Waals surface area contributed by atoms with Gasteiger partial charge in [-0.05, 0) is 47.5 Å². The van der Waals surface area contributed by atoms with Crippen molar-refractivity contribution in [1.29, 1.82) is 0 Å². The van der Waals surface area contributed by atoms with Crippen LogP contribution < -0.4 is 4.74 Å². The van der Waals surface area contributed by atoms with Crippen molar-refractivity contribution in [2.45, 2.75) is 13.1 Å². The van der Waals surface area contributed by atoms with Crippen LogP contribution in [0.4, 0.5) is 0 Å². The second kappa shape index (κ2) is 9.24. The van der Waals surface area contributed by atoms with Gasteiger partial charge in [-0.2, -0.15) is 0 Å². The first-order valence-corrected chi connectivity index (χ1v) is 10.1. The molecule has 1 aliphatic heterocycles. The Labute approximate surface area is 172 Å². The van der Waals surface area contributed by atoms with Crippen molar-refractivity contribution in [3.8, 4) is 11.5 Å². The molecule has 0 amide bonds. The van der Waals surface area contributed by atoms with Gasteiger partial charge in [-0.3, -0.25) is 9.80 Å². The van der Waals surface area contributed by atoms with Gasteiger partial charge in [0.2, 0.25) is 0 Å². The average Bonchev–Trinajstić information content (AvgIpc) is 2.72. The molecule has 0 N–H and O–H groups in total. The van der Waals surface area contributed by atoms with Crippen LogP contribution in [0.3, 0.4) is 0 Å². The van der Waals surface area contributed by atoms with E-state index in [2.05, 4.69) is 40.1 Å². The molecule has 3 nitrogen and oxygen atoms in total. The normalized spacial score (nSPS) is 15.5. The van der Waals surface area contributed by atoms with Crippen molar-refractivity contribution in [1.82, 2.24) is 9.80 Å². The standard InChI is InChI=1S/C24H25ClN2O/c25-22-11-9-20(10-12-22)18-26-13-15-27(16-14-26)19-21-5-4-8-24(17-21)28-23-6-2-1-3-7-23/h1-12,17H,13-16,18-19H2. The molecule has 0 saturated carbocycles. The third-order valence-corrected chi connectivity index (χ3v) is 5.32. The van der Waals surface area contributed by atoms with E-state index < -0.39 is 0 Å². The Morgan fingerprint density at radius 1 is 0.643 bits per heavy atom. The van der Waals surface area contributed by atoms with E-state index in [0.717, 1.165) is 55.8 Å². The Kier molecular flexibility index (Phi) is 6.27. The number of para-hydroxylation sites is 1. The van der Waals surface area contributed by atoms with Crippen molar-refractivity contribution >= 4 is 11.6 Å². The lowest BCUT2D eigenvalue weighted by Gasteiger charge is -2.34. The highest BCUT2D eigenvalue weighted by Crippen LogP contribution is 2.23. The van der Waals surface area contributed by atoms with Gasteiger partial charge < -0.3 is 4.74 Å². The van der Waals surface area contributed by atoms with E-state index in [1.807, 2.05) is 48.5 Å². The van der Waals surface area contributed by atoms with Gasteiger partial charge in [0.05, 0.1) is 0 Å². The Morgan fingerprint density at radius 2 is 1.25 bits per heavy atom. The zero-order valence-corrected chi connectivity index (χ0v) is 16.7. The van der Waals surface area contributed by atoms with Crippen molar-refractivity contribution in [2.75, 3.05) is 26.2 Å². The summed E-state index contributed by atoms with van der Waals surface area (Å²) in [4.78, 5) is 5.02. The number of nitrogens with zero attached hydrogens (tertiary/aromatic N) is 2. The van der Waals surface area contributed by atoms with Gasteiger partial charge in [-0.25, -0.2) is 0 Å². The minimum Gasteiger partial charge on any atom is -0.457 e. The van der Waals surface area contributed by atoms with Crippen molar-refractivity contribution in [3.05, 3.63) is 95.0 Å². The molecule has 3 aromatic carbocycles. The Balaban J connectivity index is 1.28. The smallest absolute Gasteiger partial charge is 0.127 e. The van der Waals surface area contributed by atoms with E-state index in [9.17, 15) is 0 Å². The number of hydrogen-bond donors (Lipinski definition) is 0. The fraction of sp³-hybridized carbons (Fsp3) is 0.250. The second-order valence-electron chi connectivity index (χ2n) is 7.24. The largest absolute Gasteiger partial charge is 0.457 e. The van der Waals surface area contributed by atoms with Gasteiger partial charge in [0.25, 0.3) is 0 Å². The van der Waals surface area contributed by atoms with Gasteiger partial charge in [0.1, 0.15) is 11.5 Å². The van der Waals surface area contributed by atoms with Crippen LogP contribution in [0.25, 0.3) is 0 Å². The molecule has 0 aromatic heterocycles. The zero-order valence-electron chi connectivity index (χ0n) is 15.9. The molecule has 0 unspecified atom stereocenters. The third-order valence-electron chi connectivity index (χ3n) is 5.07. The summed E-state index contributed by atoms with van der Waals surface area (Å²) < 4.78 is 5.96. The molecule has 1 aliphatic rings. The minimum atomic E-state index is 0.798. The summed E-state index contributed by atoms with van der Waals surface area (Å²) >= 11 is 5.98. The number of hydrogen-bond acceptors (Lipinski definition) is 3. The number of halogens is 1. The Bertz CT molecular complexity index is 875. The topological polar surface area (TPSA) is 15.7 Å². The van der Waals surface area contributed by atoms with Crippen LogP contribution >= 0.6 is 11.6 Å². The molecule has 0 atom stereocenters. The molecule has 1 saturated heterocycles. The van der Waals surface area contributed by atoms with Gasteiger partial charge in [-0.15, -0.1) is 0 Å². The van der Waals surface area contributed by atoms with Crippen LogP contribution in [0.5, 0.6) is 11.5 Å². The first kappa shape index (κ1) is 19.0. The van der Waals surface area contributed by atoms with E-state index in [4.69, 9.17) is 16.3 Å². The maximum atomic E-state index is 5.98. The molecular formula is C24H25ClN2O. The molecule has 144 valence electrons. The molecule has 1 heterocycles. The second-order valence-corrected chi connectivity index (χ2v) is 7.68. The highest BCUT2D eigenvalue weighted by atomic mass is 35.5. The van der Waals surface area contributed by atoms with Gasteiger partial charge in [0, 0.05) is 44.3 Å². The molecule has 28 heavy (non-hydrogen) atoms. The lowest BCUT2D eigenvalue weighted by atomic mass is 10.1. The summed E-state index contributed by atoms with van der Waals surface area (Å²) in [6.07, 6.45) is 0. The molecule has 4 heteroatoms. The van der Waals surface area contributed by atoms with Gasteiger partial charge in [0.15, 0.2) is 0 Å². The van der Waals surface area contributed by atoms with Gasteiger partial charge in [-0.1, -0.05) is 54.1 Å². The lowest BCUT2D eigenvalue weighted by Crippen LogP contribution is -2.45. The van der Waals surface area contributed by atoms with E-state index in [0.29, 0.717) is 0 Å². The van der Waals surface area contributed by atoms with Crippen molar-refractivity contribution < 1.29 is 4.74 Å². The molecular weight excluding hydrogens is 368 g/mol. The molecule has 1 fully saturated rings. The average molecular weight is 393 g/mol. The zero-order chi connectivity index (χ0) is 19.2. The summed E-state index contributed by atoms with van der Waals surface area (Å²) in [5.41, 5.74) is 2.61. The predicted molar refractivity (Wildman–Crippen MR) is 115 cm³/mol. The SMILES string of the molecule is Clc1ccc(CN2CCN(Cc3cccc(Oc4ccccc4)c3)CC2)cc1. The molecule has 0 spiro atoms. The first-order chi connectivity index (χ1) is 13.7. The van der Waals surface area contributed by atoms with E-state index in [1.165, 1.54) is 11.1 Å². The quantitative estimate of drug-likeness (QED) is 0.554. The highest BCUT2D eigenvalue weighted by Gasteiger charge is 2.17. The van der Waals surface area contributed by atoms with Crippen LogP contribution in [-0.2, 0) is 13.1 Å². The fourth-order valence-corrected chi connectivity index (χ4v) is 3.67. The Morgan fingerprint density at radius 3 is 1.93 bits per heavy atom. The summed E-state index contributed by atoms with van der Waals surface area (Å²) in [5, 5.41) is 0.798. The summed E-state index contributed by atoms with van der Waals surface area (Å²) in [7, 11) is 0. The van der Waals surface area contributed by atoms with E-state index in [-0.39, 0.29) is 0 Å². The number of rotatable bonds is 6. The van der Waals surface area contributed by atoms with Crippen LogP contribution in [0, 0.1) is 0 Å². The molecule has 4 rings (SSSR count). The first-order valence-electron chi connectivity index (χ1n) is 9.76. The maximum Gasteiger partial charge on any atom is 0.127 e. The summed E-state index contributed by atoms with van der Waals surface area (Å²) in [6, 6.07) is 26.5. The lowest BCUT2D eigenvalue weighted by molar-refractivity contribution is 0.122. The van der Waals surface area contributed by atoms with Crippen LogP contribution in [-0.4, -0.2) is 36.0 Å². The predicted octanol–water partition coefficient (Wildman–Crippen LogP) is 5.45. The van der Waals surface area contributed by atoms with Crippen molar-refractivity contribution in [2.24, 2.45) is 0 Å².